The normalized spacial score (nSPS) is 14.0. The van der Waals surface area contributed by atoms with Crippen LogP contribution in [0.4, 0.5) is 11.4 Å². The van der Waals surface area contributed by atoms with E-state index in [9.17, 15) is 9.59 Å². The third-order valence-corrected chi connectivity index (χ3v) is 5.20. The first-order valence-electron chi connectivity index (χ1n) is 10.2. The van der Waals surface area contributed by atoms with E-state index in [4.69, 9.17) is 0 Å². The predicted octanol–water partition coefficient (Wildman–Crippen LogP) is 4.99. The van der Waals surface area contributed by atoms with Crippen molar-refractivity contribution in [1.82, 2.24) is 5.32 Å². The molecule has 2 amide bonds. The van der Waals surface area contributed by atoms with Crippen molar-refractivity contribution in [3.63, 3.8) is 0 Å². The summed E-state index contributed by atoms with van der Waals surface area (Å²) in [4.78, 5) is 25.2. The summed E-state index contributed by atoms with van der Waals surface area (Å²) in [5.41, 5.74) is 3.04. The minimum absolute atomic E-state index is 0. The molecule has 5 nitrogen and oxygen atoms in total. The number of hydrogen-bond acceptors (Lipinski definition) is 3. The number of para-hydroxylation sites is 1. The maximum atomic E-state index is 12.7. The van der Waals surface area contributed by atoms with Gasteiger partial charge in [-0.1, -0.05) is 50.5 Å². The molecule has 1 aliphatic rings. The van der Waals surface area contributed by atoms with E-state index in [1.165, 1.54) is 6.42 Å². The molecule has 3 N–H and O–H groups in total. The smallest absolute Gasteiger partial charge is 0.255 e. The van der Waals surface area contributed by atoms with Gasteiger partial charge in [0.25, 0.3) is 5.91 Å². The van der Waals surface area contributed by atoms with Gasteiger partial charge in [-0.25, -0.2) is 0 Å². The quantitative estimate of drug-likeness (QED) is 0.596. The third-order valence-electron chi connectivity index (χ3n) is 5.20. The molecule has 0 bridgehead atoms. The second-order valence-corrected chi connectivity index (χ2v) is 7.30. The fourth-order valence-corrected chi connectivity index (χ4v) is 3.60. The van der Waals surface area contributed by atoms with Gasteiger partial charge in [0, 0.05) is 29.4 Å². The van der Waals surface area contributed by atoms with E-state index in [-0.39, 0.29) is 30.1 Å². The molecule has 0 aromatic heterocycles. The summed E-state index contributed by atoms with van der Waals surface area (Å²) >= 11 is 0. The van der Waals surface area contributed by atoms with Crippen LogP contribution in [0, 0.1) is 5.92 Å². The van der Waals surface area contributed by atoms with Crippen LogP contribution < -0.4 is 16.0 Å². The summed E-state index contributed by atoms with van der Waals surface area (Å²) in [5, 5.41) is 9.25. The van der Waals surface area contributed by atoms with E-state index in [0.717, 1.165) is 43.5 Å². The molecule has 2 aromatic rings. The van der Waals surface area contributed by atoms with Gasteiger partial charge in [-0.2, -0.15) is 0 Å². The van der Waals surface area contributed by atoms with Crippen LogP contribution in [-0.2, 0) is 11.3 Å². The molecular formula is C23H30ClN3O2. The van der Waals surface area contributed by atoms with Gasteiger partial charge in [0.15, 0.2) is 0 Å². The number of anilines is 2. The van der Waals surface area contributed by atoms with Gasteiger partial charge in [0.1, 0.15) is 0 Å². The Morgan fingerprint density at radius 1 is 0.966 bits per heavy atom. The monoisotopic (exact) mass is 415 g/mol. The van der Waals surface area contributed by atoms with Gasteiger partial charge in [-0.15, -0.1) is 12.4 Å². The lowest BCUT2D eigenvalue weighted by molar-refractivity contribution is -0.120. The number of rotatable bonds is 7. The molecule has 0 aliphatic heterocycles. The van der Waals surface area contributed by atoms with Crippen molar-refractivity contribution < 1.29 is 9.59 Å². The molecule has 1 aliphatic carbocycles. The van der Waals surface area contributed by atoms with Crippen LogP contribution in [0.5, 0.6) is 0 Å². The highest BCUT2D eigenvalue weighted by Gasteiger charge is 2.21. The lowest BCUT2D eigenvalue weighted by Crippen LogP contribution is -2.25. The summed E-state index contributed by atoms with van der Waals surface area (Å²) < 4.78 is 0. The molecule has 0 unspecified atom stereocenters. The zero-order valence-electron chi connectivity index (χ0n) is 16.9. The van der Waals surface area contributed by atoms with Crippen molar-refractivity contribution in [2.75, 3.05) is 17.2 Å². The van der Waals surface area contributed by atoms with Crippen molar-refractivity contribution in [2.24, 2.45) is 5.92 Å². The third kappa shape index (κ3) is 6.58. The molecule has 3 rings (SSSR count). The molecule has 0 atom stereocenters. The number of nitrogens with one attached hydrogen (secondary N) is 3. The van der Waals surface area contributed by atoms with Crippen molar-refractivity contribution in [1.29, 1.82) is 0 Å². The summed E-state index contributed by atoms with van der Waals surface area (Å²) in [6.45, 7) is 3.61. The Balaban J connectivity index is 0.00000300. The molecular weight excluding hydrogens is 386 g/mol. The van der Waals surface area contributed by atoms with Crippen molar-refractivity contribution in [3.05, 3.63) is 59.7 Å². The lowest BCUT2D eigenvalue weighted by Gasteiger charge is -2.20. The number of carbonyl (C=O) groups excluding carboxylic acids is 2. The molecule has 6 heteroatoms. The standard InChI is InChI=1S/C23H29N3O2.ClH/c1-2-24-16-19-11-6-7-14-21(19)26-23(28)18-12-8-13-20(15-18)25-22(27)17-9-4-3-5-10-17;/h6-8,11-15,17,24H,2-5,9-10,16H2,1H3,(H,25,27)(H,26,28);1H. The second kappa shape index (κ2) is 11.6. The zero-order chi connectivity index (χ0) is 19.8. The van der Waals surface area contributed by atoms with E-state index >= 15 is 0 Å². The van der Waals surface area contributed by atoms with E-state index < -0.39 is 0 Å². The van der Waals surface area contributed by atoms with Crippen molar-refractivity contribution in [3.8, 4) is 0 Å². The highest BCUT2D eigenvalue weighted by Crippen LogP contribution is 2.25. The Bertz CT molecular complexity index is 819. The first-order chi connectivity index (χ1) is 13.7. The molecule has 1 fully saturated rings. The average molecular weight is 416 g/mol. The Morgan fingerprint density at radius 2 is 1.72 bits per heavy atom. The van der Waals surface area contributed by atoms with Gasteiger partial charge in [0.05, 0.1) is 0 Å². The second-order valence-electron chi connectivity index (χ2n) is 7.30. The number of benzene rings is 2. The van der Waals surface area contributed by atoms with Crippen LogP contribution >= 0.6 is 12.4 Å². The van der Waals surface area contributed by atoms with Crippen LogP contribution in [0.3, 0.4) is 0 Å². The van der Waals surface area contributed by atoms with Crippen LogP contribution in [0.25, 0.3) is 0 Å². The molecule has 156 valence electrons. The molecule has 2 aromatic carbocycles. The van der Waals surface area contributed by atoms with E-state index in [2.05, 4.69) is 16.0 Å². The molecule has 0 heterocycles. The van der Waals surface area contributed by atoms with Gasteiger partial charge >= 0.3 is 0 Å². The lowest BCUT2D eigenvalue weighted by atomic mass is 9.88. The van der Waals surface area contributed by atoms with Gasteiger partial charge in [-0.3, -0.25) is 9.59 Å². The molecule has 29 heavy (non-hydrogen) atoms. The summed E-state index contributed by atoms with van der Waals surface area (Å²) in [7, 11) is 0. The van der Waals surface area contributed by atoms with Gasteiger partial charge < -0.3 is 16.0 Å². The number of amides is 2. The molecule has 0 spiro atoms. The maximum absolute atomic E-state index is 12.7. The Labute approximate surface area is 179 Å². The highest BCUT2D eigenvalue weighted by molar-refractivity contribution is 6.05. The molecule has 0 radical (unpaired) electrons. The van der Waals surface area contributed by atoms with E-state index in [0.29, 0.717) is 17.8 Å². The fourth-order valence-electron chi connectivity index (χ4n) is 3.60. The van der Waals surface area contributed by atoms with Crippen molar-refractivity contribution in [2.45, 2.75) is 45.6 Å². The maximum Gasteiger partial charge on any atom is 0.255 e. The zero-order valence-corrected chi connectivity index (χ0v) is 17.7. The first-order valence-corrected chi connectivity index (χ1v) is 10.2. The Morgan fingerprint density at radius 3 is 2.48 bits per heavy atom. The number of halogens is 1. The minimum atomic E-state index is -0.183. The summed E-state index contributed by atoms with van der Waals surface area (Å²) in [6, 6.07) is 14.9. The van der Waals surface area contributed by atoms with Crippen molar-refractivity contribution >= 4 is 35.6 Å². The van der Waals surface area contributed by atoms with E-state index in [1.54, 1.807) is 18.2 Å². The summed E-state index contributed by atoms with van der Waals surface area (Å²) in [5.74, 6) is -0.0323. The highest BCUT2D eigenvalue weighted by atomic mass is 35.5. The summed E-state index contributed by atoms with van der Waals surface area (Å²) in [6.07, 6.45) is 5.36. The van der Waals surface area contributed by atoms with Gasteiger partial charge in [-0.05, 0) is 49.2 Å². The topological polar surface area (TPSA) is 70.2 Å². The number of carbonyl (C=O) groups is 2. The van der Waals surface area contributed by atoms with Gasteiger partial charge in [0.2, 0.25) is 5.91 Å². The Kier molecular flexibility index (Phi) is 9.16. The molecule has 0 saturated heterocycles. The minimum Gasteiger partial charge on any atom is -0.326 e. The van der Waals surface area contributed by atoms with Crippen LogP contribution in [0.15, 0.2) is 48.5 Å². The Hall–Kier alpha value is -2.37. The SMILES string of the molecule is CCNCc1ccccc1NC(=O)c1cccc(NC(=O)C2CCCCC2)c1.Cl. The number of hydrogen-bond donors (Lipinski definition) is 3. The average Bonchev–Trinajstić information content (AvgIpc) is 2.74. The largest absolute Gasteiger partial charge is 0.326 e. The fraction of sp³-hybridized carbons (Fsp3) is 0.391. The van der Waals surface area contributed by atoms with Crippen LogP contribution in [0.1, 0.15) is 54.9 Å². The predicted molar refractivity (Wildman–Crippen MR) is 121 cm³/mol. The first kappa shape index (κ1) is 22.9. The molecule has 1 saturated carbocycles. The van der Waals surface area contributed by atoms with Crippen LogP contribution in [0.2, 0.25) is 0 Å². The van der Waals surface area contributed by atoms with E-state index in [1.807, 2.05) is 37.3 Å². The van der Waals surface area contributed by atoms with Crippen LogP contribution in [-0.4, -0.2) is 18.4 Å².